The minimum Gasteiger partial charge on any atom is -0.477 e. The lowest BCUT2D eigenvalue weighted by Crippen LogP contribution is -2.07. The normalized spacial score (nSPS) is 10.5. The van der Waals surface area contributed by atoms with Gasteiger partial charge in [-0.2, -0.15) is 0 Å². The summed E-state index contributed by atoms with van der Waals surface area (Å²) in [5.74, 6) is -4.25. The number of hydrogen-bond acceptors (Lipinski definition) is 3. The van der Waals surface area contributed by atoms with Gasteiger partial charge in [-0.3, -0.25) is 0 Å². The van der Waals surface area contributed by atoms with Gasteiger partial charge in [0.25, 0.3) is 0 Å². The maximum absolute atomic E-state index is 13.3. The number of carbonyl (C=O) groups is 1. The van der Waals surface area contributed by atoms with Crippen LogP contribution >= 0.6 is 11.3 Å². The zero-order valence-corrected chi connectivity index (χ0v) is 10.2. The summed E-state index contributed by atoms with van der Waals surface area (Å²) < 4.78 is 39.4. The van der Waals surface area contributed by atoms with Crippen LogP contribution in [0.25, 0.3) is 0 Å². The molecule has 0 spiro atoms. The van der Waals surface area contributed by atoms with Crippen LogP contribution in [-0.2, 0) is 6.54 Å². The molecule has 7 heteroatoms. The zero-order valence-electron chi connectivity index (χ0n) is 9.41. The first-order chi connectivity index (χ1) is 8.99. The number of carboxylic acids is 1. The molecule has 0 saturated carbocycles. The Morgan fingerprint density at radius 2 is 1.89 bits per heavy atom. The van der Waals surface area contributed by atoms with Gasteiger partial charge in [0, 0.05) is 18.7 Å². The second-order valence-corrected chi connectivity index (χ2v) is 4.59. The van der Waals surface area contributed by atoms with Crippen molar-refractivity contribution in [2.75, 3.05) is 5.32 Å². The number of thiophene rings is 1. The van der Waals surface area contributed by atoms with E-state index in [1.165, 1.54) is 0 Å². The Balaban J connectivity index is 2.19. The van der Waals surface area contributed by atoms with Gasteiger partial charge in [-0.25, -0.2) is 18.0 Å². The summed E-state index contributed by atoms with van der Waals surface area (Å²) in [6.07, 6.45) is 0. The molecule has 1 aromatic carbocycles. The second-order valence-electron chi connectivity index (χ2n) is 3.68. The van der Waals surface area contributed by atoms with Crippen LogP contribution in [0.3, 0.4) is 0 Å². The van der Waals surface area contributed by atoms with E-state index < -0.39 is 29.1 Å². The van der Waals surface area contributed by atoms with E-state index in [1.54, 1.807) is 11.4 Å². The lowest BCUT2D eigenvalue weighted by molar-refractivity contribution is 0.0701. The van der Waals surface area contributed by atoms with Crippen molar-refractivity contribution in [3.63, 3.8) is 0 Å². The van der Waals surface area contributed by atoms with Crippen molar-refractivity contribution < 1.29 is 23.1 Å². The van der Waals surface area contributed by atoms with Crippen molar-refractivity contribution in [1.82, 2.24) is 0 Å². The Morgan fingerprint density at radius 1 is 1.26 bits per heavy atom. The number of hydrogen-bond donors (Lipinski definition) is 2. The summed E-state index contributed by atoms with van der Waals surface area (Å²) in [7, 11) is 0. The molecular formula is C12H8F3NO2S. The van der Waals surface area contributed by atoms with Gasteiger partial charge in [0.15, 0.2) is 11.6 Å². The van der Waals surface area contributed by atoms with Gasteiger partial charge in [0.05, 0.1) is 0 Å². The molecular weight excluding hydrogens is 279 g/mol. The number of nitrogens with one attached hydrogen (secondary N) is 1. The molecule has 3 nitrogen and oxygen atoms in total. The van der Waals surface area contributed by atoms with Crippen molar-refractivity contribution in [3.8, 4) is 0 Å². The van der Waals surface area contributed by atoms with Gasteiger partial charge in [-0.1, -0.05) is 0 Å². The van der Waals surface area contributed by atoms with E-state index in [1.807, 2.05) is 0 Å². The molecule has 0 fully saturated rings. The summed E-state index contributed by atoms with van der Waals surface area (Å²) in [5.41, 5.74) is -0.0791. The molecule has 0 amide bonds. The van der Waals surface area contributed by atoms with Crippen molar-refractivity contribution >= 4 is 23.0 Å². The van der Waals surface area contributed by atoms with Gasteiger partial charge >= 0.3 is 5.97 Å². The number of anilines is 1. The maximum Gasteiger partial charge on any atom is 0.346 e. The third kappa shape index (κ3) is 2.87. The quantitative estimate of drug-likeness (QED) is 0.905. The first-order valence-electron chi connectivity index (χ1n) is 5.17. The Hall–Kier alpha value is -2.02. The topological polar surface area (TPSA) is 49.3 Å². The SMILES string of the molecule is O=C(O)c1sccc1CNc1c(F)cc(F)cc1F. The maximum atomic E-state index is 13.3. The highest BCUT2D eigenvalue weighted by Crippen LogP contribution is 2.23. The largest absolute Gasteiger partial charge is 0.477 e. The molecule has 2 N–H and O–H groups in total. The number of benzene rings is 1. The first kappa shape index (κ1) is 13.4. The van der Waals surface area contributed by atoms with Gasteiger partial charge in [0.2, 0.25) is 0 Å². The molecule has 1 aromatic heterocycles. The molecule has 2 rings (SSSR count). The van der Waals surface area contributed by atoms with E-state index in [-0.39, 0.29) is 11.4 Å². The molecule has 0 saturated heterocycles. The van der Waals surface area contributed by atoms with Crippen LogP contribution in [-0.4, -0.2) is 11.1 Å². The van der Waals surface area contributed by atoms with E-state index in [9.17, 15) is 18.0 Å². The molecule has 100 valence electrons. The molecule has 0 atom stereocenters. The van der Waals surface area contributed by atoms with E-state index in [0.717, 1.165) is 11.3 Å². The number of aromatic carboxylic acids is 1. The predicted octanol–water partition coefficient (Wildman–Crippen LogP) is 3.48. The standard InChI is InChI=1S/C12H8F3NO2S/c13-7-3-8(14)10(9(15)4-7)16-5-6-1-2-19-11(6)12(17)18/h1-4,16H,5H2,(H,17,18). The van der Waals surface area contributed by atoms with Crippen LogP contribution in [0.5, 0.6) is 0 Å². The zero-order chi connectivity index (χ0) is 14.0. The van der Waals surface area contributed by atoms with Gasteiger partial charge in [0.1, 0.15) is 16.4 Å². The van der Waals surface area contributed by atoms with E-state index in [4.69, 9.17) is 5.11 Å². The number of carboxylic acid groups (broad SMARTS) is 1. The minimum absolute atomic E-state index is 0.0649. The van der Waals surface area contributed by atoms with Crippen LogP contribution in [0.1, 0.15) is 15.2 Å². The Kier molecular flexibility index (Phi) is 3.75. The molecule has 19 heavy (non-hydrogen) atoms. The van der Waals surface area contributed by atoms with Crippen LogP contribution in [0.4, 0.5) is 18.9 Å². The smallest absolute Gasteiger partial charge is 0.346 e. The lowest BCUT2D eigenvalue weighted by atomic mass is 10.2. The van der Waals surface area contributed by atoms with E-state index in [2.05, 4.69) is 5.32 Å². The number of halogens is 3. The van der Waals surface area contributed by atoms with Gasteiger partial charge in [-0.15, -0.1) is 11.3 Å². The Labute approximate surface area is 110 Å². The van der Waals surface area contributed by atoms with Crippen molar-refractivity contribution in [3.05, 3.63) is 51.5 Å². The minimum atomic E-state index is -1.10. The highest BCUT2D eigenvalue weighted by molar-refractivity contribution is 7.12. The van der Waals surface area contributed by atoms with Gasteiger partial charge in [-0.05, 0) is 17.0 Å². The van der Waals surface area contributed by atoms with Crippen LogP contribution in [0, 0.1) is 17.5 Å². The monoisotopic (exact) mass is 287 g/mol. The van der Waals surface area contributed by atoms with Crippen molar-refractivity contribution in [1.29, 1.82) is 0 Å². The Morgan fingerprint density at radius 3 is 2.47 bits per heavy atom. The van der Waals surface area contributed by atoms with Crippen LogP contribution in [0.2, 0.25) is 0 Å². The fraction of sp³-hybridized carbons (Fsp3) is 0.0833. The number of rotatable bonds is 4. The summed E-state index contributed by atoms with van der Waals surface area (Å²) >= 11 is 1.02. The third-order valence-electron chi connectivity index (χ3n) is 2.40. The van der Waals surface area contributed by atoms with E-state index >= 15 is 0 Å². The molecule has 0 bridgehead atoms. The summed E-state index contributed by atoms with van der Waals surface area (Å²) in [6.45, 7) is -0.0649. The molecule has 0 aliphatic heterocycles. The van der Waals surface area contributed by atoms with Crippen LogP contribution in [0.15, 0.2) is 23.6 Å². The Bertz CT molecular complexity index is 604. The summed E-state index contributed by atoms with van der Waals surface area (Å²) in [4.78, 5) is 11.0. The summed E-state index contributed by atoms with van der Waals surface area (Å²) in [6, 6.07) is 2.65. The molecule has 0 unspecified atom stereocenters. The molecule has 0 radical (unpaired) electrons. The highest BCUT2D eigenvalue weighted by Gasteiger charge is 2.14. The lowest BCUT2D eigenvalue weighted by Gasteiger charge is -2.08. The fourth-order valence-electron chi connectivity index (χ4n) is 1.56. The third-order valence-corrected chi connectivity index (χ3v) is 3.35. The van der Waals surface area contributed by atoms with Gasteiger partial charge < -0.3 is 10.4 Å². The molecule has 0 aliphatic rings. The highest BCUT2D eigenvalue weighted by atomic mass is 32.1. The molecule has 1 heterocycles. The van der Waals surface area contributed by atoms with Crippen molar-refractivity contribution in [2.24, 2.45) is 0 Å². The summed E-state index contributed by atoms with van der Waals surface area (Å²) in [5, 5.41) is 12.9. The predicted molar refractivity (Wildman–Crippen MR) is 64.9 cm³/mol. The second kappa shape index (κ2) is 5.31. The molecule has 2 aromatic rings. The molecule has 0 aliphatic carbocycles. The average Bonchev–Trinajstić information content (AvgIpc) is 2.75. The fourth-order valence-corrected chi connectivity index (χ4v) is 2.32. The average molecular weight is 287 g/mol. The van der Waals surface area contributed by atoms with Crippen molar-refractivity contribution in [2.45, 2.75) is 6.54 Å². The van der Waals surface area contributed by atoms with E-state index in [0.29, 0.717) is 17.7 Å². The van der Waals surface area contributed by atoms with Crippen LogP contribution < -0.4 is 5.32 Å². The first-order valence-corrected chi connectivity index (χ1v) is 6.05.